The predicted octanol–water partition coefficient (Wildman–Crippen LogP) is 4.92. The summed E-state index contributed by atoms with van der Waals surface area (Å²) in [7, 11) is 1.63. The second kappa shape index (κ2) is 12.3. The molecule has 0 spiro atoms. The fourth-order valence-electron chi connectivity index (χ4n) is 3.83. The SMILES string of the molecule is CNC(=O)C(Cc1ccccc1)N(Cc1cccc(C)c1)C(=O)CSCc1ccccc1C. The summed E-state index contributed by atoms with van der Waals surface area (Å²) < 4.78 is 0. The van der Waals surface area contributed by atoms with Crippen LogP contribution in [0, 0.1) is 13.8 Å². The summed E-state index contributed by atoms with van der Waals surface area (Å²) in [4.78, 5) is 28.2. The van der Waals surface area contributed by atoms with Gasteiger partial charge in [-0.2, -0.15) is 0 Å². The maximum absolute atomic E-state index is 13.5. The first-order valence-electron chi connectivity index (χ1n) is 11.2. The van der Waals surface area contributed by atoms with Gasteiger partial charge in [0.25, 0.3) is 0 Å². The van der Waals surface area contributed by atoms with E-state index in [1.165, 1.54) is 11.1 Å². The molecule has 0 fully saturated rings. The van der Waals surface area contributed by atoms with Crippen LogP contribution in [0.1, 0.15) is 27.8 Å². The van der Waals surface area contributed by atoms with Crippen LogP contribution in [-0.2, 0) is 28.3 Å². The van der Waals surface area contributed by atoms with Gasteiger partial charge in [-0.15, -0.1) is 11.8 Å². The summed E-state index contributed by atoms with van der Waals surface area (Å²) in [5, 5.41) is 2.77. The number of nitrogens with zero attached hydrogens (tertiary/aromatic N) is 1. The van der Waals surface area contributed by atoms with E-state index in [2.05, 4.69) is 30.4 Å². The first-order chi connectivity index (χ1) is 16.0. The lowest BCUT2D eigenvalue weighted by Gasteiger charge is -2.31. The summed E-state index contributed by atoms with van der Waals surface area (Å²) in [5.41, 5.74) is 5.64. The van der Waals surface area contributed by atoms with E-state index in [1.807, 2.05) is 67.6 Å². The lowest BCUT2D eigenvalue weighted by atomic mass is 10.0. The van der Waals surface area contributed by atoms with Crippen LogP contribution in [0.5, 0.6) is 0 Å². The molecule has 172 valence electrons. The number of likely N-dealkylation sites (N-methyl/N-ethyl adjacent to an activating group) is 1. The Labute approximate surface area is 201 Å². The van der Waals surface area contributed by atoms with Gasteiger partial charge in [-0.05, 0) is 36.1 Å². The first kappa shape index (κ1) is 24.6. The average Bonchev–Trinajstić information content (AvgIpc) is 2.82. The number of amides is 2. The molecule has 0 radical (unpaired) electrons. The lowest BCUT2D eigenvalue weighted by Crippen LogP contribution is -2.50. The molecule has 0 saturated heterocycles. The molecule has 33 heavy (non-hydrogen) atoms. The minimum Gasteiger partial charge on any atom is -0.357 e. The van der Waals surface area contributed by atoms with Crippen LogP contribution < -0.4 is 5.32 Å². The molecule has 0 aliphatic heterocycles. The summed E-state index contributed by atoms with van der Waals surface area (Å²) >= 11 is 1.59. The highest BCUT2D eigenvalue weighted by Gasteiger charge is 2.29. The minimum atomic E-state index is -0.579. The lowest BCUT2D eigenvalue weighted by molar-refractivity contribution is -0.139. The van der Waals surface area contributed by atoms with Crippen LogP contribution in [-0.4, -0.2) is 35.6 Å². The average molecular weight is 461 g/mol. The maximum Gasteiger partial charge on any atom is 0.242 e. The molecule has 3 rings (SSSR count). The molecule has 3 aromatic carbocycles. The zero-order valence-electron chi connectivity index (χ0n) is 19.6. The molecule has 0 aliphatic carbocycles. The Hall–Kier alpha value is -3.05. The van der Waals surface area contributed by atoms with Crippen LogP contribution in [0.3, 0.4) is 0 Å². The molecule has 0 bridgehead atoms. The molecule has 4 nitrogen and oxygen atoms in total. The van der Waals surface area contributed by atoms with Gasteiger partial charge in [0, 0.05) is 25.8 Å². The van der Waals surface area contributed by atoms with Crippen LogP contribution in [0.25, 0.3) is 0 Å². The zero-order chi connectivity index (χ0) is 23.6. The van der Waals surface area contributed by atoms with Crippen molar-refractivity contribution in [2.45, 2.75) is 38.6 Å². The van der Waals surface area contributed by atoms with E-state index in [-0.39, 0.29) is 11.8 Å². The highest BCUT2D eigenvalue weighted by Crippen LogP contribution is 2.20. The Morgan fingerprint density at radius 3 is 2.30 bits per heavy atom. The van der Waals surface area contributed by atoms with Crippen molar-refractivity contribution in [1.29, 1.82) is 0 Å². The molecule has 1 atom stereocenters. The maximum atomic E-state index is 13.5. The van der Waals surface area contributed by atoms with Crippen LogP contribution >= 0.6 is 11.8 Å². The van der Waals surface area contributed by atoms with Crippen molar-refractivity contribution in [1.82, 2.24) is 10.2 Å². The van der Waals surface area contributed by atoms with Crippen molar-refractivity contribution in [2.75, 3.05) is 12.8 Å². The summed E-state index contributed by atoms with van der Waals surface area (Å²) in [6, 6.07) is 25.6. The fourth-order valence-corrected chi connectivity index (χ4v) is 4.82. The van der Waals surface area contributed by atoms with E-state index in [9.17, 15) is 9.59 Å². The van der Waals surface area contributed by atoms with E-state index in [0.717, 1.165) is 22.4 Å². The number of thioether (sulfide) groups is 1. The molecular formula is C28H32N2O2S. The third kappa shape index (κ3) is 7.22. The molecule has 2 amide bonds. The molecule has 1 N–H and O–H groups in total. The predicted molar refractivity (Wildman–Crippen MR) is 137 cm³/mol. The summed E-state index contributed by atoms with van der Waals surface area (Å²) in [5.74, 6) is 0.908. The Kier molecular flexibility index (Phi) is 9.14. The highest BCUT2D eigenvalue weighted by atomic mass is 32.2. The third-order valence-corrected chi connectivity index (χ3v) is 6.66. The topological polar surface area (TPSA) is 49.4 Å². The molecule has 3 aromatic rings. The van der Waals surface area contributed by atoms with Crippen molar-refractivity contribution in [2.24, 2.45) is 0 Å². The van der Waals surface area contributed by atoms with Gasteiger partial charge in [0.2, 0.25) is 11.8 Å². The Bertz CT molecular complexity index is 1070. The Morgan fingerprint density at radius 2 is 1.61 bits per heavy atom. The Balaban J connectivity index is 1.81. The smallest absolute Gasteiger partial charge is 0.242 e. The first-order valence-corrected chi connectivity index (χ1v) is 12.4. The fraction of sp³-hybridized carbons (Fsp3) is 0.286. The van der Waals surface area contributed by atoms with E-state index < -0.39 is 6.04 Å². The third-order valence-electron chi connectivity index (χ3n) is 5.70. The van der Waals surface area contributed by atoms with E-state index in [1.54, 1.807) is 23.7 Å². The van der Waals surface area contributed by atoms with Crippen LogP contribution in [0.15, 0.2) is 78.9 Å². The monoisotopic (exact) mass is 460 g/mol. The number of hydrogen-bond acceptors (Lipinski definition) is 3. The number of carbonyl (C=O) groups excluding carboxylic acids is 2. The van der Waals surface area contributed by atoms with Gasteiger partial charge < -0.3 is 10.2 Å². The van der Waals surface area contributed by atoms with Gasteiger partial charge in [-0.1, -0.05) is 84.4 Å². The molecule has 0 heterocycles. The second-order valence-electron chi connectivity index (χ2n) is 8.25. The number of carbonyl (C=O) groups is 2. The van der Waals surface area contributed by atoms with E-state index in [0.29, 0.717) is 18.7 Å². The molecule has 0 aliphatic rings. The highest BCUT2D eigenvalue weighted by molar-refractivity contribution is 7.99. The number of benzene rings is 3. The van der Waals surface area contributed by atoms with Crippen molar-refractivity contribution >= 4 is 23.6 Å². The number of hydrogen-bond donors (Lipinski definition) is 1. The van der Waals surface area contributed by atoms with Crippen molar-refractivity contribution in [3.63, 3.8) is 0 Å². The van der Waals surface area contributed by atoms with Crippen LogP contribution in [0.2, 0.25) is 0 Å². The van der Waals surface area contributed by atoms with Crippen molar-refractivity contribution in [3.05, 3.63) is 107 Å². The van der Waals surface area contributed by atoms with E-state index >= 15 is 0 Å². The summed E-state index contributed by atoms with van der Waals surface area (Å²) in [6.45, 7) is 4.52. The number of aryl methyl sites for hydroxylation is 2. The molecular weight excluding hydrogens is 428 g/mol. The zero-order valence-corrected chi connectivity index (χ0v) is 20.4. The molecule has 1 unspecified atom stereocenters. The van der Waals surface area contributed by atoms with Gasteiger partial charge in [0.15, 0.2) is 0 Å². The van der Waals surface area contributed by atoms with Crippen molar-refractivity contribution < 1.29 is 9.59 Å². The normalized spacial score (nSPS) is 11.6. The quantitative estimate of drug-likeness (QED) is 0.467. The van der Waals surface area contributed by atoms with Crippen molar-refractivity contribution in [3.8, 4) is 0 Å². The number of rotatable bonds is 10. The molecule has 5 heteroatoms. The molecule has 0 aromatic heterocycles. The second-order valence-corrected chi connectivity index (χ2v) is 9.24. The van der Waals surface area contributed by atoms with E-state index in [4.69, 9.17) is 0 Å². The molecule has 0 saturated carbocycles. The van der Waals surface area contributed by atoms with Gasteiger partial charge in [-0.3, -0.25) is 9.59 Å². The van der Waals surface area contributed by atoms with Gasteiger partial charge in [-0.25, -0.2) is 0 Å². The Morgan fingerprint density at radius 1 is 0.909 bits per heavy atom. The van der Waals surface area contributed by atoms with Crippen LogP contribution in [0.4, 0.5) is 0 Å². The standard InChI is InChI=1S/C28H32N2O2S/c1-21-10-9-14-24(16-21)18-30(26(28(32)29-3)17-23-12-5-4-6-13-23)27(31)20-33-19-25-15-8-7-11-22(25)2/h4-16,26H,17-20H2,1-3H3,(H,29,32). The van der Waals surface area contributed by atoms with Gasteiger partial charge in [0.05, 0.1) is 5.75 Å². The minimum absolute atomic E-state index is 0.0281. The largest absolute Gasteiger partial charge is 0.357 e. The van der Waals surface area contributed by atoms with Gasteiger partial charge in [0.1, 0.15) is 6.04 Å². The summed E-state index contributed by atoms with van der Waals surface area (Å²) in [6.07, 6.45) is 0.473. The number of nitrogens with one attached hydrogen (secondary N) is 1. The van der Waals surface area contributed by atoms with Gasteiger partial charge >= 0.3 is 0 Å².